The standard InChI is InChI=1S/C34H43N5O8S/c1-18(2)35-32-37-25(17-48-32)24-15-27(22-12-11-20(45-6)13-23(22)36-24)46-21-14-26(30(41)42)39(16-21)29(40)28(34(3,4)5)38-33(44)47-31(43)19-9-7-8-10-19/h11-13,15,17-19,21,26,28H,7-10,14,16H2,1-6H3,(H,35,37)(H,38,44)(H,41,42). The zero-order valence-electron chi connectivity index (χ0n) is 28.1. The molecule has 3 aromatic rings. The Kier molecular flexibility index (Phi) is 10.4. The van der Waals surface area contributed by atoms with Gasteiger partial charge in [-0.1, -0.05) is 33.6 Å². The van der Waals surface area contributed by atoms with Crippen LogP contribution in [-0.2, 0) is 19.1 Å². The van der Waals surface area contributed by atoms with Gasteiger partial charge < -0.3 is 34.9 Å². The summed E-state index contributed by atoms with van der Waals surface area (Å²) in [7, 11) is 1.57. The van der Waals surface area contributed by atoms with Crippen LogP contribution in [-0.4, -0.2) is 81.8 Å². The minimum absolute atomic E-state index is 0.0109. The third-order valence-corrected chi connectivity index (χ3v) is 9.31. The number of likely N-dealkylation sites (tertiary alicyclic amines) is 1. The molecule has 1 aromatic carbocycles. The lowest BCUT2D eigenvalue weighted by atomic mass is 9.85. The van der Waals surface area contributed by atoms with Crippen molar-refractivity contribution >= 4 is 51.3 Å². The summed E-state index contributed by atoms with van der Waals surface area (Å²) >= 11 is 1.45. The number of hydrogen-bond donors (Lipinski definition) is 3. The molecule has 0 spiro atoms. The van der Waals surface area contributed by atoms with Crippen molar-refractivity contribution < 1.29 is 38.5 Å². The summed E-state index contributed by atoms with van der Waals surface area (Å²) in [5, 5.41) is 19.3. The molecular formula is C34H43N5O8S. The van der Waals surface area contributed by atoms with E-state index in [1.807, 2.05) is 25.3 Å². The second-order valence-electron chi connectivity index (χ2n) is 13.7. The summed E-state index contributed by atoms with van der Waals surface area (Å²) < 4.78 is 16.9. The highest BCUT2D eigenvalue weighted by atomic mass is 32.1. The van der Waals surface area contributed by atoms with E-state index >= 15 is 0 Å². The van der Waals surface area contributed by atoms with E-state index in [1.54, 1.807) is 46.1 Å². The molecular weight excluding hydrogens is 638 g/mol. The number of carbonyl (C=O) groups excluding carboxylic acids is 3. The van der Waals surface area contributed by atoms with Crippen LogP contribution in [0.15, 0.2) is 29.6 Å². The number of alkyl carbamates (subject to hydrolysis) is 1. The van der Waals surface area contributed by atoms with Crippen LogP contribution >= 0.6 is 11.3 Å². The second-order valence-corrected chi connectivity index (χ2v) is 14.5. The zero-order chi connectivity index (χ0) is 34.7. The van der Waals surface area contributed by atoms with Crippen LogP contribution in [0.5, 0.6) is 11.5 Å². The molecule has 258 valence electrons. The smallest absolute Gasteiger partial charge is 0.415 e. The van der Waals surface area contributed by atoms with E-state index in [-0.39, 0.29) is 24.9 Å². The Morgan fingerprint density at radius 3 is 2.44 bits per heavy atom. The highest BCUT2D eigenvalue weighted by Crippen LogP contribution is 2.36. The molecule has 13 nitrogen and oxygen atoms in total. The lowest BCUT2D eigenvalue weighted by Gasteiger charge is -2.34. The highest BCUT2D eigenvalue weighted by Gasteiger charge is 2.46. The van der Waals surface area contributed by atoms with Gasteiger partial charge in [-0.25, -0.2) is 19.6 Å². The molecule has 0 radical (unpaired) electrons. The molecule has 1 aliphatic carbocycles. The number of nitrogens with zero attached hydrogens (tertiary/aromatic N) is 3. The average Bonchev–Trinajstić information content (AvgIpc) is 3.80. The van der Waals surface area contributed by atoms with Gasteiger partial charge in [-0.3, -0.25) is 9.59 Å². The topological polar surface area (TPSA) is 169 Å². The lowest BCUT2D eigenvalue weighted by molar-refractivity contribution is -0.150. The molecule has 2 fully saturated rings. The second kappa shape index (κ2) is 14.3. The fraction of sp³-hybridized carbons (Fsp3) is 0.529. The van der Waals surface area contributed by atoms with E-state index < -0.39 is 47.5 Å². The van der Waals surface area contributed by atoms with Gasteiger partial charge in [-0.05, 0) is 44.2 Å². The first-order valence-electron chi connectivity index (χ1n) is 16.2. The maximum Gasteiger partial charge on any atom is 0.415 e. The first-order valence-corrected chi connectivity index (χ1v) is 17.0. The fourth-order valence-corrected chi connectivity index (χ4v) is 6.93. The number of pyridine rings is 1. The monoisotopic (exact) mass is 681 g/mol. The number of aromatic nitrogens is 2. The Labute approximate surface area is 283 Å². The summed E-state index contributed by atoms with van der Waals surface area (Å²) in [6.07, 6.45) is 1.39. The number of hydrogen-bond acceptors (Lipinski definition) is 11. The van der Waals surface area contributed by atoms with Gasteiger partial charge in [-0.15, -0.1) is 11.3 Å². The highest BCUT2D eigenvalue weighted by molar-refractivity contribution is 7.14. The van der Waals surface area contributed by atoms with Gasteiger partial charge >= 0.3 is 18.0 Å². The Morgan fingerprint density at radius 1 is 1.06 bits per heavy atom. The van der Waals surface area contributed by atoms with Crippen molar-refractivity contribution in [3.8, 4) is 22.9 Å². The van der Waals surface area contributed by atoms with Crippen molar-refractivity contribution in [3.05, 3.63) is 29.6 Å². The number of carbonyl (C=O) groups is 4. The van der Waals surface area contributed by atoms with Crippen molar-refractivity contribution in [2.45, 2.75) is 91.0 Å². The van der Waals surface area contributed by atoms with E-state index in [0.29, 0.717) is 46.6 Å². The van der Waals surface area contributed by atoms with Crippen LogP contribution in [0, 0.1) is 11.3 Å². The van der Waals surface area contributed by atoms with Crippen LogP contribution in [0.25, 0.3) is 22.3 Å². The summed E-state index contributed by atoms with van der Waals surface area (Å²) in [5.41, 5.74) is 0.959. The number of carboxylic acids is 1. The molecule has 0 bridgehead atoms. The average molecular weight is 682 g/mol. The summed E-state index contributed by atoms with van der Waals surface area (Å²) in [6, 6.07) is 4.97. The van der Waals surface area contributed by atoms with Gasteiger partial charge in [0, 0.05) is 35.4 Å². The van der Waals surface area contributed by atoms with Crippen molar-refractivity contribution in [1.82, 2.24) is 20.2 Å². The van der Waals surface area contributed by atoms with E-state index in [4.69, 9.17) is 19.2 Å². The quantitative estimate of drug-likeness (QED) is 0.183. The van der Waals surface area contributed by atoms with E-state index in [2.05, 4.69) is 15.6 Å². The largest absolute Gasteiger partial charge is 0.497 e. The predicted octanol–water partition coefficient (Wildman–Crippen LogP) is 5.48. The first kappa shape index (κ1) is 34.9. The molecule has 2 aliphatic rings. The summed E-state index contributed by atoms with van der Waals surface area (Å²) in [6.45, 7) is 9.23. The van der Waals surface area contributed by atoms with Crippen molar-refractivity contribution in [1.29, 1.82) is 0 Å². The van der Waals surface area contributed by atoms with E-state index in [0.717, 1.165) is 18.0 Å². The molecule has 1 aliphatic heterocycles. The molecule has 3 unspecified atom stereocenters. The minimum atomic E-state index is -1.21. The zero-order valence-corrected chi connectivity index (χ0v) is 28.9. The number of carboxylic acid groups (broad SMARTS) is 1. The minimum Gasteiger partial charge on any atom is -0.497 e. The number of nitrogens with one attached hydrogen (secondary N) is 2. The number of esters is 1. The van der Waals surface area contributed by atoms with Crippen molar-refractivity contribution in [3.63, 3.8) is 0 Å². The Hall–Kier alpha value is -4.46. The fourth-order valence-electron chi connectivity index (χ4n) is 6.07. The van der Waals surface area contributed by atoms with Gasteiger partial charge in [0.1, 0.15) is 35.4 Å². The SMILES string of the molecule is COc1ccc2c(OC3CC(C(=O)O)N(C(=O)C(NC(=O)OC(=O)C4CCCC4)C(C)(C)C)C3)cc(-c3csc(NC(C)C)n3)nc2c1. The number of thiazole rings is 1. The number of amides is 2. The summed E-state index contributed by atoms with van der Waals surface area (Å²) in [4.78, 5) is 62.4. The molecule has 3 N–H and O–H groups in total. The number of ether oxygens (including phenoxy) is 3. The Bertz CT molecular complexity index is 1680. The van der Waals surface area contributed by atoms with Gasteiger partial charge in [-0.2, -0.15) is 0 Å². The number of fused-ring (bicyclic) bond motifs is 1. The van der Waals surface area contributed by atoms with Crippen molar-refractivity contribution in [2.24, 2.45) is 11.3 Å². The summed E-state index contributed by atoms with van der Waals surface area (Å²) in [5.74, 6) is -1.71. The van der Waals surface area contributed by atoms with Crippen LogP contribution in [0.4, 0.5) is 9.93 Å². The lowest BCUT2D eigenvalue weighted by Crippen LogP contribution is -2.57. The molecule has 1 saturated carbocycles. The number of anilines is 1. The molecule has 1 saturated heterocycles. The van der Waals surface area contributed by atoms with Gasteiger partial charge in [0.05, 0.1) is 30.8 Å². The van der Waals surface area contributed by atoms with Crippen LogP contribution < -0.4 is 20.1 Å². The van der Waals surface area contributed by atoms with Gasteiger partial charge in [0.25, 0.3) is 0 Å². The third kappa shape index (κ3) is 7.97. The molecule has 2 aromatic heterocycles. The molecule has 5 rings (SSSR count). The predicted molar refractivity (Wildman–Crippen MR) is 180 cm³/mol. The molecule has 48 heavy (non-hydrogen) atoms. The van der Waals surface area contributed by atoms with Gasteiger partial charge in [0.15, 0.2) is 5.13 Å². The molecule has 2 amide bonds. The normalized spacial score (nSPS) is 18.9. The number of benzene rings is 1. The number of aliphatic carboxylic acids is 1. The van der Waals surface area contributed by atoms with Crippen LogP contribution in [0.1, 0.15) is 66.7 Å². The Balaban J connectivity index is 1.39. The third-order valence-electron chi connectivity index (χ3n) is 8.54. The van der Waals surface area contributed by atoms with Crippen LogP contribution in [0.2, 0.25) is 0 Å². The maximum absolute atomic E-state index is 14.0. The van der Waals surface area contributed by atoms with E-state index in [1.165, 1.54) is 16.2 Å². The molecule has 3 atom stereocenters. The Morgan fingerprint density at radius 2 is 1.79 bits per heavy atom. The van der Waals surface area contributed by atoms with Crippen LogP contribution in [0.3, 0.4) is 0 Å². The van der Waals surface area contributed by atoms with Crippen molar-refractivity contribution in [2.75, 3.05) is 19.0 Å². The van der Waals surface area contributed by atoms with Gasteiger partial charge in [0.2, 0.25) is 5.91 Å². The molecule has 14 heteroatoms. The first-order chi connectivity index (χ1) is 22.7. The number of rotatable bonds is 10. The maximum atomic E-state index is 14.0. The number of methoxy groups -OCH3 is 1. The van der Waals surface area contributed by atoms with E-state index in [9.17, 15) is 24.3 Å². The molecule has 3 heterocycles.